The van der Waals surface area contributed by atoms with Crippen molar-refractivity contribution in [1.29, 1.82) is 0 Å². The molecule has 6 heteroatoms. The molecule has 1 aromatic carbocycles. The van der Waals surface area contributed by atoms with Crippen molar-refractivity contribution >= 4 is 29.1 Å². The molecule has 1 saturated carbocycles. The lowest BCUT2D eigenvalue weighted by molar-refractivity contribution is -0.121. The Balaban J connectivity index is 2.28. The Bertz CT molecular complexity index is 566. The van der Waals surface area contributed by atoms with Gasteiger partial charge in [0.1, 0.15) is 0 Å². The van der Waals surface area contributed by atoms with Gasteiger partial charge in [0, 0.05) is 19.1 Å². The molecule has 0 heterocycles. The molecule has 0 atom stereocenters. The van der Waals surface area contributed by atoms with E-state index in [0.717, 1.165) is 12.8 Å². The topological polar surface area (TPSA) is 75.4 Å². The first-order valence-electron chi connectivity index (χ1n) is 6.95. The number of carbonyl (C=O) groups excluding carboxylic acids is 2. The molecule has 1 aliphatic carbocycles. The summed E-state index contributed by atoms with van der Waals surface area (Å²) in [6.45, 7) is 0. The minimum Gasteiger partial charge on any atom is -0.345 e. The number of nitrogens with two attached hydrogens (primary N) is 1. The molecule has 0 bridgehead atoms. The van der Waals surface area contributed by atoms with Crippen LogP contribution in [-0.2, 0) is 4.79 Å². The monoisotopic (exact) mass is 309 g/mol. The molecule has 0 aliphatic heterocycles. The van der Waals surface area contributed by atoms with Crippen LogP contribution in [0.5, 0.6) is 0 Å². The van der Waals surface area contributed by atoms with Gasteiger partial charge < -0.3 is 16.0 Å². The van der Waals surface area contributed by atoms with Gasteiger partial charge in [-0.3, -0.25) is 9.59 Å². The summed E-state index contributed by atoms with van der Waals surface area (Å²) in [7, 11) is 3.31. The van der Waals surface area contributed by atoms with Gasteiger partial charge in [-0.2, -0.15) is 0 Å². The fourth-order valence-corrected chi connectivity index (χ4v) is 2.70. The van der Waals surface area contributed by atoms with Crippen molar-refractivity contribution in [3.8, 4) is 0 Å². The Labute approximate surface area is 129 Å². The molecule has 2 rings (SSSR count). The van der Waals surface area contributed by atoms with E-state index in [-0.39, 0.29) is 11.8 Å². The zero-order valence-electron chi connectivity index (χ0n) is 12.3. The molecule has 21 heavy (non-hydrogen) atoms. The van der Waals surface area contributed by atoms with Gasteiger partial charge >= 0.3 is 0 Å². The summed E-state index contributed by atoms with van der Waals surface area (Å²) in [5, 5.41) is 3.23. The average molecular weight is 310 g/mol. The normalized spacial score (nSPS) is 16.6. The van der Waals surface area contributed by atoms with Crippen LogP contribution in [0.2, 0.25) is 5.02 Å². The molecule has 0 radical (unpaired) electrons. The zero-order chi connectivity index (χ0) is 15.6. The van der Waals surface area contributed by atoms with E-state index in [1.54, 1.807) is 32.3 Å². The lowest BCUT2D eigenvalue weighted by Crippen LogP contribution is -2.48. The third kappa shape index (κ3) is 3.36. The van der Waals surface area contributed by atoms with Gasteiger partial charge in [0.2, 0.25) is 5.91 Å². The van der Waals surface area contributed by atoms with E-state index in [4.69, 9.17) is 17.3 Å². The van der Waals surface area contributed by atoms with Gasteiger partial charge in [0.15, 0.2) is 0 Å². The van der Waals surface area contributed by atoms with Gasteiger partial charge in [0.05, 0.1) is 16.8 Å². The van der Waals surface area contributed by atoms with Crippen LogP contribution in [0.1, 0.15) is 36.0 Å². The Morgan fingerprint density at radius 2 is 1.90 bits per heavy atom. The van der Waals surface area contributed by atoms with E-state index in [2.05, 4.69) is 5.32 Å². The predicted octanol–water partition coefficient (Wildman–Crippen LogP) is 2.25. The molecule has 1 aromatic rings. The molecule has 0 unspecified atom stereocenters. The summed E-state index contributed by atoms with van der Waals surface area (Å²) in [6.07, 6.45) is 3.22. The van der Waals surface area contributed by atoms with Crippen LogP contribution in [0.4, 0.5) is 5.69 Å². The predicted molar refractivity (Wildman–Crippen MR) is 83.5 cm³/mol. The van der Waals surface area contributed by atoms with E-state index in [9.17, 15) is 9.59 Å². The van der Waals surface area contributed by atoms with Crippen molar-refractivity contribution in [2.45, 2.75) is 31.2 Å². The highest BCUT2D eigenvalue weighted by molar-refractivity contribution is 6.31. The van der Waals surface area contributed by atoms with Gasteiger partial charge in [-0.1, -0.05) is 24.4 Å². The standard InChI is InChI=1S/C15H20ClN3O2/c1-19(2)13(20)11-6-5-10(16)9-12(11)18-14(21)15(17)7-3-4-8-15/h5-6,9H,3-4,7-8,17H2,1-2H3,(H,18,21). The third-order valence-corrected chi connectivity index (χ3v) is 4.05. The first kappa shape index (κ1) is 15.8. The summed E-state index contributed by atoms with van der Waals surface area (Å²) in [6, 6.07) is 4.81. The van der Waals surface area contributed by atoms with E-state index in [1.807, 2.05) is 0 Å². The molecule has 1 fully saturated rings. The van der Waals surface area contributed by atoms with E-state index in [1.165, 1.54) is 4.90 Å². The molecule has 5 nitrogen and oxygen atoms in total. The van der Waals surface area contributed by atoms with Gasteiger partial charge in [-0.25, -0.2) is 0 Å². The molecule has 114 valence electrons. The maximum absolute atomic E-state index is 12.4. The summed E-state index contributed by atoms with van der Waals surface area (Å²) < 4.78 is 0. The van der Waals surface area contributed by atoms with Gasteiger partial charge in [-0.05, 0) is 31.0 Å². The van der Waals surface area contributed by atoms with Crippen molar-refractivity contribution in [3.05, 3.63) is 28.8 Å². The molecular formula is C15H20ClN3O2. The third-order valence-electron chi connectivity index (χ3n) is 3.81. The fourth-order valence-electron chi connectivity index (χ4n) is 2.53. The SMILES string of the molecule is CN(C)C(=O)c1ccc(Cl)cc1NC(=O)C1(N)CCCC1. The zero-order valence-corrected chi connectivity index (χ0v) is 13.0. The lowest BCUT2D eigenvalue weighted by atomic mass is 9.97. The number of nitrogens with zero attached hydrogens (tertiary/aromatic N) is 1. The molecule has 0 aromatic heterocycles. The van der Waals surface area contributed by atoms with Gasteiger partial charge in [0.25, 0.3) is 5.91 Å². The van der Waals surface area contributed by atoms with Crippen molar-refractivity contribution in [2.24, 2.45) is 5.73 Å². The summed E-state index contributed by atoms with van der Waals surface area (Å²) >= 11 is 5.97. The second kappa shape index (κ2) is 6.03. The quantitative estimate of drug-likeness (QED) is 0.899. The minimum atomic E-state index is -0.846. The number of benzene rings is 1. The van der Waals surface area contributed by atoms with Crippen LogP contribution in [0, 0.1) is 0 Å². The fraction of sp³-hybridized carbons (Fsp3) is 0.467. The van der Waals surface area contributed by atoms with Crippen LogP contribution >= 0.6 is 11.6 Å². The maximum Gasteiger partial charge on any atom is 0.255 e. The number of halogens is 1. The molecule has 1 aliphatic rings. The first-order chi connectivity index (χ1) is 9.83. The largest absolute Gasteiger partial charge is 0.345 e. The smallest absolute Gasteiger partial charge is 0.255 e. The Morgan fingerprint density at radius 3 is 2.48 bits per heavy atom. The second-order valence-corrected chi connectivity index (χ2v) is 6.14. The van der Waals surface area contributed by atoms with Crippen molar-refractivity contribution < 1.29 is 9.59 Å². The van der Waals surface area contributed by atoms with Crippen molar-refractivity contribution in [1.82, 2.24) is 4.90 Å². The van der Waals surface area contributed by atoms with Crippen LogP contribution in [-0.4, -0.2) is 36.3 Å². The van der Waals surface area contributed by atoms with E-state index < -0.39 is 5.54 Å². The molecule has 0 saturated heterocycles. The molecule has 2 amide bonds. The second-order valence-electron chi connectivity index (χ2n) is 5.71. The number of carbonyl (C=O) groups is 2. The van der Waals surface area contributed by atoms with Crippen LogP contribution < -0.4 is 11.1 Å². The van der Waals surface area contributed by atoms with E-state index >= 15 is 0 Å². The van der Waals surface area contributed by atoms with Crippen molar-refractivity contribution in [3.63, 3.8) is 0 Å². The van der Waals surface area contributed by atoms with Crippen LogP contribution in [0.25, 0.3) is 0 Å². The summed E-state index contributed by atoms with van der Waals surface area (Å²) in [5.74, 6) is -0.450. The number of hydrogen-bond donors (Lipinski definition) is 2. The highest BCUT2D eigenvalue weighted by Crippen LogP contribution is 2.30. The highest BCUT2D eigenvalue weighted by atomic mass is 35.5. The highest BCUT2D eigenvalue weighted by Gasteiger charge is 2.37. The summed E-state index contributed by atoms with van der Waals surface area (Å²) in [4.78, 5) is 26.0. The summed E-state index contributed by atoms with van der Waals surface area (Å²) in [5.41, 5.74) is 6.10. The molecule has 0 spiro atoms. The number of amides is 2. The van der Waals surface area contributed by atoms with E-state index in [0.29, 0.717) is 29.1 Å². The molecular weight excluding hydrogens is 290 g/mol. The Kier molecular flexibility index (Phi) is 4.54. The van der Waals surface area contributed by atoms with Crippen LogP contribution in [0.3, 0.4) is 0 Å². The van der Waals surface area contributed by atoms with Crippen LogP contribution in [0.15, 0.2) is 18.2 Å². The Hall–Kier alpha value is -1.59. The minimum absolute atomic E-state index is 0.195. The van der Waals surface area contributed by atoms with Gasteiger partial charge in [-0.15, -0.1) is 0 Å². The molecule has 3 N–H and O–H groups in total. The number of rotatable bonds is 3. The maximum atomic E-state index is 12.4. The number of hydrogen-bond acceptors (Lipinski definition) is 3. The van der Waals surface area contributed by atoms with Crippen molar-refractivity contribution in [2.75, 3.05) is 19.4 Å². The first-order valence-corrected chi connectivity index (χ1v) is 7.33. The lowest BCUT2D eigenvalue weighted by Gasteiger charge is -2.23. The Morgan fingerprint density at radius 1 is 1.29 bits per heavy atom. The average Bonchev–Trinajstić information content (AvgIpc) is 2.86. The number of anilines is 1. The number of nitrogens with one attached hydrogen (secondary N) is 1.